The van der Waals surface area contributed by atoms with E-state index in [4.69, 9.17) is 26.3 Å². The molecule has 0 amide bonds. The van der Waals surface area contributed by atoms with Gasteiger partial charge in [0.05, 0.1) is 10.7 Å². The lowest BCUT2D eigenvalue weighted by Gasteiger charge is -2.29. The van der Waals surface area contributed by atoms with Crippen LogP contribution < -0.4 is 5.32 Å². The summed E-state index contributed by atoms with van der Waals surface area (Å²) in [7, 11) is 0. The predicted molar refractivity (Wildman–Crippen MR) is 81.8 cm³/mol. The van der Waals surface area contributed by atoms with Gasteiger partial charge in [-0.25, -0.2) is 14.0 Å². The number of nitriles is 1. The van der Waals surface area contributed by atoms with Crippen molar-refractivity contribution in [2.24, 2.45) is 0 Å². The lowest BCUT2D eigenvalue weighted by atomic mass is 10.1. The summed E-state index contributed by atoms with van der Waals surface area (Å²) in [4.78, 5) is 23.6. The summed E-state index contributed by atoms with van der Waals surface area (Å²) in [6.45, 7) is 2.82. The highest BCUT2D eigenvalue weighted by molar-refractivity contribution is 9.10. The van der Waals surface area contributed by atoms with Crippen LogP contribution in [0.25, 0.3) is 0 Å². The molecular formula is C14H9BrClFN2O4. The van der Waals surface area contributed by atoms with Crippen molar-refractivity contribution in [2.75, 3.05) is 5.32 Å². The van der Waals surface area contributed by atoms with Gasteiger partial charge in [-0.1, -0.05) is 11.6 Å². The molecule has 0 bridgehead atoms. The van der Waals surface area contributed by atoms with E-state index < -0.39 is 29.1 Å². The molecule has 1 fully saturated rings. The van der Waals surface area contributed by atoms with Gasteiger partial charge in [-0.05, 0) is 22.0 Å². The third-order valence-electron chi connectivity index (χ3n) is 2.76. The number of esters is 2. The number of anilines is 1. The van der Waals surface area contributed by atoms with Gasteiger partial charge < -0.3 is 14.8 Å². The van der Waals surface area contributed by atoms with E-state index in [1.54, 1.807) is 6.07 Å². The van der Waals surface area contributed by atoms with Gasteiger partial charge in [-0.2, -0.15) is 5.26 Å². The van der Waals surface area contributed by atoms with Crippen LogP contribution in [0.3, 0.4) is 0 Å². The summed E-state index contributed by atoms with van der Waals surface area (Å²) in [5.74, 6) is -4.09. The highest BCUT2D eigenvalue weighted by Gasteiger charge is 2.39. The van der Waals surface area contributed by atoms with Crippen LogP contribution >= 0.6 is 27.5 Å². The summed E-state index contributed by atoms with van der Waals surface area (Å²) in [5.41, 5.74) is -0.790. The first-order valence-electron chi connectivity index (χ1n) is 6.17. The van der Waals surface area contributed by atoms with Gasteiger partial charge in [0.25, 0.3) is 5.79 Å². The van der Waals surface area contributed by atoms with Crippen molar-refractivity contribution >= 4 is 45.2 Å². The monoisotopic (exact) mass is 402 g/mol. The van der Waals surface area contributed by atoms with Crippen molar-refractivity contribution in [3.8, 4) is 6.07 Å². The third-order valence-corrected chi connectivity index (χ3v) is 3.66. The molecule has 1 aromatic rings. The minimum atomic E-state index is -1.36. The van der Waals surface area contributed by atoms with Crippen LogP contribution in [0.2, 0.25) is 5.02 Å². The molecule has 1 N–H and O–H groups in total. The van der Waals surface area contributed by atoms with Crippen molar-refractivity contribution in [3.05, 3.63) is 38.7 Å². The summed E-state index contributed by atoms with van der Waals surface area (Å²) in [6, 6.07) is 2.89. The SMILES string of the molecule is CC1(C)OC(=O)C(=CNc2c(Br)cc(Cl)c(F)c2C#N)C(=O)O1. The van der Waals surface area contributed by atoms with E-state index in [-0.39, 0.29) is 20.7 Å². The highest BCUT2D eigenvalue weighted by Crippen LogP contribution is 2.33. The molecule has 0 saturated carbocycles. The van der Waals surface area contributed by atoms with Gasteiger partial charge in [0.1, 0.15) is 11.6 Å². The molecule has 0 aromatic heterocycles. The molecule has 0 spiro atoms. The Morgan fingerprint density at radius 2 is 1.96 bits per heavy atom. The second-order valence-corrected chi connectivity index (χ2v) is 6.16. The molecule has 0 aliphatic carbocycles. The van der Waals surface area contributed by atoms with Gasteiger partial charge in [0, 0.05) is 24.5 Å². The molecule has 0 atom stereocenters. The maximum absolute atomic E-state index is 13.8. The fourth-order valence-electron chi connectivity index (χ4n) is 1.76. The third kappa shape index (κ3) is 3.46. The van der Waals surface area contributed by atoms with Crippen LogP contribution in [0.4, 0.5) is 10.1 Å². The van der Waals surface area contributed by atoms with E-state index in [9.17, 15) is 14.0 Å². The second-order valence-electron chi connectivity index (χ2n) is 4.90. The summed E-state index contributed by atoms with van der Waals surface area (Å²) in [5, 5.41) is 11.3. The molecule has 9 heteroatoms. The Morgan fingerprint density at radius 3 is 2.48 bits per heavy atom. The zero-order valence-electron chi connectivity index (χ0n) is 11.9. The van der Waals surface area contributed by atoms with Crippen LogP contribution in [-0.2, 0) is 19.1 Å². The molecule has 0 unspecified atom stereocenters. The molecule has 2 rings (SSSR count). The van der Waals surface area contributed by atoms with Gasteiger partial charge in [0.15, 0.2) is 11.4 Å². The first-order chi connectivity index (χ1) is 10.7. The largest absolute Gasteiger partial charge is 0.419 e. The maximum atomic E-state index is 13.8. The van der Waals surface area contributed by atoms with Crippen LogP contribution in [0.15, 0.2) is 22.3 Å². The van der Waals surface area contributed by atoms with Gasteiger partial charge in [-0.3, -0.25) is 0 Å². The van der Waals surface area contributed by atoms with Gasteiger partial charge in [0.2, 0.25) is 0 Å². The minimum Gasteiger partial charge on any atom is -0.419 e. The van der Waals surface area contributed by atoms with Crippen LogP contribution in [0.1, 0.15) is 19.4 Å². The molecule has 120 valence electrons. The Labute approximate surface area is 143 Å². The average molecular weight is 404 g/mol. The number of ether oxygens (including phenoxy) is 2. The molecule has 1 aliphatic rings. The van der Waals surface area contributed by atoms with E-state index in [0.29, 0.717) is 0 Å². The zero-order valence-corrected chi connectivity index (χ0v) is 14.2. The Bertz CT molecular complexity index is 764. The Kier molecular flexibility index (Phi) is 4.63. The predicted octanol–water partition coefficient (Wildman–Crippen LogP) is 3.25. The fourth-order valence-corrected chi connectivity index (χ4v) is 2.64. The first kappa shape index (κ1) is 17.2. The van der Waals surface area contributed by atoms with Crippen molar-refractivity contribution in [1.29, 1.82) is 5.26 Å². The Hall–Kier alpha value is -2.11. The summed E-state index contributed by atoms with van der Waals surface area (Å²) >= 11 is 8.77. The lowest BCUT2D eigenvalue weighted by Crippen LogP contribution is -2.42. The van der Waals surface area contributed by atoms with E-state index in [0.717, 1.165) is 6.20 Å². The normalized spacial score (nSPS) is 16.3. The number of halogens is 3. The first-order valence-corrected chi connectivity index (χ1v) is 7.34. The van der Waals surface area contributed by atoms with Crippen LogP contribution in [-0.4, -0.2) is 17.7 Å². The van der Waals surface area contributed by atoms with Gasteiger partial charge in [-0.15, -0.1) is 0 Å². The lowest BCUT2D eigenvalue weighted by molar-refractivity contribution is -0.222. The number of cyclic esters (lactones) is 2. The van der Waals surface area contributed by atoms with Crippen LogP contribution in [0, 0.1) is 17.1 Å². The molecule has 6 nitrogen and oxygen atoms in total. The van der Waals surface area contributed by atoms with E-state index >= 15 is 0 Å². The van der Waals surface area contributed by atoms with Crippen molar-refractivity contribution in [2.45, 2.75) is 19.6 Å². The smallest absolute Gasteiger partial charge is 0.350 e. The molecule has 1 saturated heterocycles. The topological polar surface area (TPSA) is 88.4 Å². The minimum absolute atomic E-state index is 0.00679. The summed E-state index contributed by atoms with van der Waals surface area (Å²) in [6.07, 6.45) is 0.980. The molecule has 0 radical (unpaired) electrons. The van der Waals surface area contributed by atoms with Crippen molar-refractivity contribution in [3.63, 3.8) is 0 Å². The summed E-state index contributed by atoms with van der Waals surface area (Å²) < 4.78 is 23.9. The number of carbonyl (C=O) groups is 2. The van der Waals surface area contributed by atoms with E-state index in [2.05, 4.69) is 21.2 Å². The number of hydrogen-bond acceptors (Lipinski definition) is 6. The Balaban J connectivity index is 2.38. The highest BCUT2D eigenvalue weighted by atomic mass is 79.9. The molecular weight excluding hydrogens is 395 g/mol. The number of nitrogens with zero attached hydrogens (tertiary/aromatic N) is 1. The number of hydrogen-bond donors (Lipinski definition) is 1. The zero-order chi connectivity index (χ0) is 17.4. The maximum Gasteiger partial charge on any atom is 0.350 e. The molecule has 23 heavy (non-hydrogen) atoms. The second kappa shape index (κ2) is 6.18. The van der Waals surface area contributed by atoms with Crippen LogP contribution in [0.5, 0.6) is 0 Å². The van der Waals surface area contributed by atoms with Gasteiger partial charge >= 0.3 is 11.9 Å². The van der Waals surface area contributed by atoms with Crippen molar-refractivity contribution < 1.29 is 23.5 Å². The van der Waals surface area contributed by atoms with E-state index in [1.807, 2.05) is 0 Å². The fraction of sp³-hybridized carbons (Fsp3) is 0.214. The quantitative estimate of drug-likeness (QED) is 0.353. The number of nitrogens with one attached hydrogen (secondary N) is 1. The van der Waals surface area contributed by atoms with E-state index in [1.165, 1.54) is 19.9 Å². The average Bonchev–Trinajstić information content (AvgIpc) is 2.42. The number of rotatable bonds is 2. The molecule has 1 aromatic carbocycles. The standard InChI is InChI=1S/C14H9BrClFN2O4/c1-14(2)22-12(20)7(13(21)23-14)5-19-11-6(4-18)10(17)9(16)3-8(11)15/h3,5,19H,1-2H3. The number of benzene rings is 1. The molecule has 1 aliphatic heterocycles. The van der Waals surface area contributed by atoms with Crippen molar-refractivity contribution in [1.82, 2.24) is 0 Å². The molecule has 1 heterocycles. The number of carbonyl (C=O) groups excluding carboxylic acids is 2. The Morgan fingerprint density at radius 1 is 1.39 bits per heavy atom.